The molecule has 0 aromatic heterocycles. The van der Waals surface area contributed by atoms with Crippen molar-refractivity contribution < 1.29 is 22.5 Å². The van der Waals surface area contributed by atoms with Gasteiger partial charge in [0.2, 0.25) is 0 Å². The third-order valence-electron chi connectivity index (χ3n) is 6.00. The van der Waals surface area contributed by atoms with Gasteiger partial charge < -0.3 is 4.74 Å². The summed E-state index contributed by atoms with van der Waals surface area (Å²) < 4.78 is 37.6. The van der Waals surface area contributed by atoms with E-state index in [2.05, 4.69) is 0 Å². The van der Waals surface area contributed by atoms with E-state index in [1.54, 1.807) is 7.11 Å². The van der Waals surface area contributed by atoms with Crippen molar-refractivity contribution in [2.45, 2.75) is 26.7 Å². The number of allylic oxidation sites excluding steroid dienone is 1. The zero-order valence-electron chi connectivity index (χ0n) is 14.1. The topological polar surface area (TPSA) is 80.7 Å². The Labute approximate surface area is 142 Å². The smallest absolute Gasteiger partial charge is 0.265 e. The molecule has 0 heterocycles. The molecule has 2 aliphatic carbocycles. The largest absolute Gasteiger partial charge is 0.497 e. The van der Waals surface area contributed by atoms with Crippen molar-refractivity contribution >= 4 is 22.0 Å². The van der Waals surface area contributed by atoms with E-state index < -0.39 is 20.9 Å². The Kier molecular flexibility index (Phi) is 3.88. The van der Waals surface area contributed by atoms with Crippen molar-refractivity contribution in [2.24, 2.45) is 16.7 Å². The highest BCUT2D eigenvalue weighted by atomic mass is 32.2. The number of ketones is 1. The molecule has 0 spiro atoms. The number of fused-ring (bicyclic) bond motifs is 2. The van der Waals surface area contributed by atoms with Crippen LogP contribution in [-0.2, 0) is 14.9 Å². The minimum Gasteiger partial charge on any atom is -0.497 e. The maximum Gasteiger partial charge on any atom is 0.265 e. The van der Waals surface area contributed by atoms with Gasteiger partial charge in [-0.3, -0.25) is 9.35 Å². The lowest BCUT2D eigenvalue weighted by molar-refractivity contribution is -0.125. The highest BCUT2D eigenvalue weighted by Gasteiger charge is 2.67. The molecule has 3 atom stereocenters. The van der Waals surface area contributed by atoms with Crippen LogP contribution >= 0.6 is 0 Å². The van der Waals surface area contributed by atoms with Gasteiger partial charge in [-0.25, -0.2) is 0 Å². The van der Waals surface area contributed by atoms with Crippen molar-refractivity contribution in [1.82, 2.24) is 0 Å². The molecule has 5 nitrogen and oxygen atoms in total. The van der Waals surface area contributed by atoms with E-state index in [4.69, 9.17) is 4.74 Å². The van der Waals surface area contributed by atoms with Crippen LogP contribution in [0.5, 0.6) is 5.75 Å². The quantitative estimate of drug-likeness (QED) is 0.667. The average molecular weight is 350 g/mol. The second kappa shape index (κ2) is 5.43. The van der Waals surface area contributed by atoms with Gasteiger partial charge in [-0.15, -0.1) is 0 Å². The third-order valence-corrected chi connectivity index (χ3v) is 6.96. The lowest BCUT2D eigenvalue weighted by Gasteiger charge is -2.34. The highest BCUT2D eigenvalue weighted by molar-refractivity contribution is 7.85. The molecule has 2 aliphatic rings. The predicted octanol–water partition coefficient (Wildman–Crippen LogP) is 2.97. The van der Waals surface area contributed by atoms with Crippen molar-refractivity contribution in [3.8, 4) is 5.75 Å². The lowest BCUT2D eigenvalue weighted by Crippen LogP contribution is -2.40. The fourth-order valence-electron chi connectivity index (χ4n) is 4.49. The Morgan fingerprint density at radius 2 is 2.08 bits per heavy atom. The molecule has 3 rings (SSSR count). The summed E-state index contributed by atoms with van der Waals surface area (Å²) in [5.41, 5.74) is -0.0215. The Bertz CT molecular complexity index is 826. The van der Waals surface area contributed by atoms with Gasteiger partial charge in [-0.1, -0.05) is 26.0 Å². The SMILES string of the molecule is COc1cccc(/C=C2/C(=O)C3(C)CCC2C3(C)CS(=O)(=O)O)c1. The second-order valence-corrected chi connectivity index (χ2v) is 8.73. The molecule has 0 saturated heterocycles. The molecule has 2 fully saturated rings. The molecule has 0 radical (unpaired) electrons. The number of hydrogen-bond acceptors (Lipinski definition) is 4. The summed E-state index contributed by atoms with van der Waals surface area (Å²) in [4.78, 5) is 13.0. The minimum absolute atomic E-state index is 0.00674. The Morgan fingerprint density at radius 3 is 2.71 bits per heavy atom. The molecular formula is C18H22O5S. The Morgan fingerprint density at radius 1 is 1.38 bits per heavy atom. The molecule has 2 saturated carbocycles. The number of carbonyl (C=O) groups excluding carboxylic acids is 1. The van der Waals surface area contributed by atoms with Gasteiger partial charge in [0.05, 0.1) is 12.9 Å². The van der Waals surface area contributed by atoms with Crippen molar-refractivity contribution in [3.63, 3.8) is 0 Å². The van der Waals surface area contributed by atoms with Crippen LogP contribution in [0.1, 0.15) is 32.3 Å². The molecule has 2 bridgehead atoms. The van der Waals surface area contributed by atoms with Crippen molar-refractivity contribution in [3.05, 3.63) is 35.4 Å². The van der Waals surface area contributed by atoms with E-state index in [1.807, 2.05) is 44.2 Å². The summed E-state index contributed by atoms with van der Waals surface area (Å²) in [6, 6.07) is 7.41. The molecule has 0 amide bonds. The first kappa shape index (κ1) is 17.2. The second-order valence-electron chi connectivity index (χ2n) is 7.27. The van der Waals surface area contributed by atoms with Gasteiger partial charge in [-0.05, 0) is 42.5 Å². The number of ether oxygens (including phenoxy) is 1. The number of hydrogen-bond donors (Lipinski definition) is 1. The Hall–Kier alpha value is -1.66. The molecular weight excluding hydrogens is 328 g/mol. The molecule has 3 unspecified atom stereocenters. The maximum atomic E-state index is 13.0. The number of benzene rings is 1. The molecule has 1 aromatic carbocycles. The fraction of sp³-hybridized carbons (Fsp3) is 0.500. The molecule has 1 aromatic rings. The Balaban J connectivity index is 2.06. The molecule has 24 heavy (non-hydrogen) atoms. The molecule has 130 valence electrons. The summed E-state index contributed by atoms with van der Waals surface area (Å²) in [5, 5.41) is 0. The van der Waals surface area contributed by atoms with Gasteiger partial charge in [0, 0.05) is 16.4 Å². The molecule has 0 aliphatic heterocycles. The summed E-state index contributed by atoms with van der Waals surface area (Å²) >= 11 is 0. The first-order chi connectivity index (χ1) is 11.1. The van der Waals surface area contributed by atoms with E-state index in [1.165, 1.54) is 0 Å². The van der Waals surface area contributed by atoms with Crippen LogP contribution in [-0.4, -0.2) is 31.6 Å². The van der Waals surface area contributed by atoms with Crippen molar-refractivity contribution in [1.29, 1.82) is 0 Å². The first-order valence-electron chi connectivity index (χ1n) is 7.96. The van der Waals surface area contributed by atoms with E-state index in [0.717, 1.165) is 12.0 Å². The number of Topliss-reactive ketones (excluding diaryl/α,β-unsaturated/α-hetero) is 1. The van der Waals surface area contributed by atoms with Crippen LogP contribution < -0.4 is 4.74 Å². The average Bonchev–Trinajstić information content (AvgIpc) is 2.81. The van der Waals surface area contributed by atoms with Gasteiger partial charge in [0.1, 0.15) is 5.75 Å². The summed E-state index contributed by atoms with van der Waals surface area (Å²) in [6.45, 7) is 3.63. The van der Waals surface area contributed by atoms with E-state index >= 15 is 0 Å². The zero-order valence-corrected chi connectivity index (χ0v) is 14.9. The first-order valence-corrected chi connectivity index (χ1v) is 9.57. The monoisotopic (exact) mass is 350 g/mol. The van der Waals surface area contributed by atoms with Gasteiger partial charge >= 0.3 is 0 Å². The summed E-state index contributed by atoms with van der Waals surface area (Å²) in [7, 11) is -2.58. The van der Waals surface area contributed by atoms with Crippen LogP contribution in [0.25, 0.3) is 6.08 Å². The van der Waals surface area contributed by atoms with Crippen LogP contribution in [0.2, 0.25) is 0 Å². The zero-order chi connectivity index (χ0) is 17.8. The third kappa shape index (κ3) is 2.48. The number of carbonyl (C=O) groups is 1. The lowest BCUT2D eigenvalue weighted by atomic mass is 9.70. The van der Waals surface area contributed by atoms with E-state index in [0.29, 0.717) is 17.7 Å². The normalized spacial score (nSPS) is 34.1. The number of methoxy groups -OCH3 is 1. The fourth-order valence-corrected chi connectivity index (χ4v) is 5.76. The minimum atomic E-state index is -4.16. The summed E-state index contributed by atoms with van der Waals surface area (Å²) in [5.74, 6) is 0.144. The predicted molar refractivity (Wildman–Crippen MR) is 91.3 cm³/mol. The summed E-state index contributed by atoms with van der Waals surface area (Å²) in [6.07, 6.45) is 3.24. The number of rotatable bonds is 4. The van der Waals surface area contributed by atoms with E-state index in [9.17, 15) is 17.8 Å². The van der Waals surface area contributed by atoms with Gasteiger partial charge in [-0.2, -0.15) is 8.42 Å². The van der Waals surface area contributed by atoms with Crippen LogP contribution in [0.15, 0.2) is 29.8 Å². The molecule has 6 heteroatoms. The van der Waals surface area contributed by atoms with Crippen molar-refractivity contribution in [2.75, 3.05) is 12.9 Å². The standard InChI is InChI=1S/C18H22O5S/c1-17-8-7-15(18(17,2)11-24(20,21)22)14(16(17)19)10-12-5-4-6-13(9-12)23-3/h4-6,9-10,15H,7-8,11H2,1-3H3,(H,20,21,22)/b14-10+. The van der Waals surface area contributed by atoms with Crippen LogP contribution in [0, 0.1) is 16.7 Å². The highest BCUT2D eigenvalue weighted by Crippen LogP contribution is 2.66. The van der Waals surface area contributed by atoms with Gasteiger partial charge in [0.15, 0.2) is 5.78 Å². The van der Waals surface area contributed by atoms with Crippen LogP contribution in [0.3, 0.4) is 0 Å². The molecule has 1 N–H and O–H groups in total. The van der Waals surface area contributed by atoms with Gasteiger partial charge in [0.25, 0.3) is 10.1 Å². The maximum absolute atomic E-state index is 13.0. The van der Waals surface area contributed by atoms with Crippen LogP contribution in [0.4, 0.5) is 0 Å². The van der Waals surface area contributed by atoms with E-state index in [-0.39, 0.29) is 17.5 Å².